The number of hydrogen-bond acceptors (Lipinski definition) is 3. The predicted octanol–water partition coefficient (Wildman–Crippen LogP) is 0.898. The van der Waals surface area contributed by atoms with E-state index in [4.69, 9.17) is 6.42 Å². The minimum Gasteiger partial charge on any atom is -0.317 e. The average Bonchev–Trinajstić information content (AvgIpc) is 3.29. The van der Waals surface area contributed by atoms with Gasteiger partial charge in [-0.1, -0.05) is 12.8 Å². The Morgan fingerprint density at radius 1 is 1.33 bits per heavy atom. The molecule has 2 fully saturated rings. The average molecular weight is 313 g/mol. The molecule has 5 nitrogen and oxygen atoms in total. The third-order valence-electron chi connectivity index (χ3n) is 4.24. The molecule has 0 bridgehead atoms. The Bertz CT molecular complexity index is 468. The van der Waals surface area contributed by atoms with Crippen LogP contribution in [-0.2, 0) is 10.2 Å². The van der Waals surface area contributed by atoms with Gasteiger partial charge in [-0.3, -0.25) is 0 Å². The zero-order valence-electron chi connectivity index (χ0n) is 12.9. The molecule has 0 aromatic carbocycles. The number of hydrogen-bond donors (Lipinski definition) is 1. The molecule has 1 saturated carbocycles. The maximum absolute atomic E-state index is 12.8. The molecule has 1 N–H and O–H groups in total. The van der Waals surface area contributed by atoms with Gasteiger partial charge in [-0.2, -0.15) is 17.0 Å². The number of rotatable bonds is 8. The molecule has 0 aromatic rings. The summed E-state index contributed by atoms with van der Waals surface area (Å²) in [7, 11) is -3.40. The van der Waals surface area contributed by atoms with Crippen molar-refractivity contribution < 1.29 is 8.42 Å². The Morgan fingerprint density at radius 3 is 2.71 bits per heavy atom. The first kappa shape index (κ1) is 16.8. The van der Waals surface area contributed by atoms with Gasteiger partial charge < -0.3 is 5.32 Å². The first-order chi connectivity index (χ1) is 10.1. The van der Waals surface area contributed by atoms with Crippen molar-refractivity contribution in [1.82, 2.24) is 13.9 Å². The molecule has 120 valence electrons. The lowest BCUT2D eigenvalue weighted by atomic mass is 10.00. The van der Waals surface area contributed by atoms with Crippen LogP contribution in [0.15, 0.2) is 0 Å². The number of terminal acetylenes is 1. The normalized spacial score (nSPS) is 24.1. The molecular weight excluding hydrogens is 286 g/mol. The van der Waals surface area contributed by atoms with Crippen molar-refractivity contribution in [2.24, 2.45) is 11.8 Å². The Kier molecular flexibility index (Phi) is 6.06. The van der Waals surface area contributed by atoms with Crippen LogP contribution in [0.1, 0.15) is 32.6 Å². The fourth-order valence-electron chi connectivity index (χ4n) is 2.85. The Morgan fingerprint density at radius 2 is 2.10 bits per heavy atom. The molecule has 1 atom stereocenters. The first-order valence-corrected chi connectivity index (χ1v) is 9.37. The van der Waals surface area contributed by atoms with E-state index < -0.39 is 10.2 Å². The predicted molar refractivity (Wildman–Crippen MR) is 84.9 cm³/mol. The van der Waals surface area contributed by atoms with E-state index in [1.807, 2.05) is 0 Å². The molecule has 6 heteroatoms. The van der Waals surface area contributed by atoms with Crippen LogP contribution in [0.2, 0.25) is 0 Å². The standard InChI is InChI=1S/C15H27N3O2S/c1-3-9-17(12-14-7-8-14)21(19,20)18-10-5-6-15(13-18)11-16-4-2/h1,14-16H,4-13H2,2H3. The Hall–Kier alpha value is -0.610. The van der Waals surface area contributed by atoms with Gasteiger partial charge in [0.1, 0.15) is 0 Å². The molecule has 1 aliphatic carbocycles. The smallest absolute Gasteiger partial charge is 0.282 e. The largest absolute Gasteiger partial charge is 0.317 e. The summed E-state index contributed by atoms with van der Waals surface area (Å²) in [5.74, 6) is 3.41. The van der Waals surface area contributed by atoms with Gasteiger partial charge in [0.25, 0.3) is 10.2 Å². The van der Waals surface area contributed by atoms with E-state index in [1.165, 1.54) is 4.31 Å². The van der Waals surface area contributed by atoms with E-state index >= 15 is 0 Å². The third-order valence-corrected chi connectivity index (χ3v) is 6.16. The van der Waals surface area contributed by atoms with Crippen LogP contribution in [0.25, 0.3) is 0 Å². The second-order valence-electron chi connectivity index (χ2n) is 6.12. The molecule has 2 aliphatic rings. The molecule has 2 rings (SSSR count). The molecule has 1 aliphatic heterocycles. The lowest BCUT2D eigenvalue weighted by molar-refractivity contribution is 0.244. The summed E-state index contributed by atoms with van der Waals surface area (Å²) in [6.07, 6.45) is 9.64. The van der Waals surface area contributed by atoms with E-state index in [9.17, 15) is 8.42 Å². The zero-order valence-corrected chi connectivity index (χ0v) is 13.7. The lowest BCUT2D eigenvalue weighted by Crippen LogP contribution is -2.49. The van der Waals surface area contributed by atoms with Gasteiger partial charge in [0.05, 0.1) is 6.54 Å². The first-order valence-electron chi connectivity index (χ1n) is 7.97. The van der Waals surface area contributed by atoms with E-state index in [0.717, 1.165) is 38.8 Å². The maximum Gasteiger partial charge on any atom is 0.282 e. The Labute approximate surface area is 129 Å². The number of nitrogens with one attached hydrogen (secondary N) is 1. The van der Waals surface area contributed by atoms with E-state index in [2.05, 4.69) is 18.2 Å². The van der Waals surface area contributed by atoms with Crippen molar-refractivity contribution in [3.8, 4) is 12.3 Å². The van der Waals surface area contributed by atoms with Gasteiger partial charge in [0.2, 0.25) is 0 Å². The summed E-state index contributed by atoms with van der Waals surface area (Å²) < 4.78 is 28.7. The van der Waals surface area contributed by atoms with Gasteiger partial charge in [-0.15, -0.1) is 6.42 Å². The van der Waals surface area contributed by atoms with Crippen LogP contribution in [0, 0.1) is 24.2 Å². The van der Waals surface area contributed by atoms with Crippen LogP contribution in [0.5, 0.6) is 0 Å². The fourth-order valence-corrected chi connectivity index (χ4v) is 4.57. The van der Waals surface area contributed by atoms with E-state index in [-0.39, 0.29) is 6.54 Å². The van der Waals surface area contributed by atoms with Gasteiger partial charge in [-0.25, -0.2) is 0 Å². The van der Waals surface area contributed by atoms with Crippen LogP contribution in [-0.4, -0.2) is 56.3 Å². The highest BCUT2D eigenvalue weighted by molar-refractivity contribution is 7.86. The fraction of sp³-hybridized carbons (Fsp3) is 0.867. The van der Waals surface area contributed by atoms with Gasteiger partial charge in [0, 0.05) is 19.6 Å². The molecule has 0 radical (unpaired) electrons. The molecule has 0 spiro atoms. The molecular formula is C15H27N3O2S. The van der Waals surface area contributed by atoms with E-state index in [1.54, 1.807) is 4.31 Å². The summed E-state index contributed by atoms with van der Waals surface area (Å²) in [5, 5.41) is 3.32. The SMILES string of the molecule is C#CCN(CC1CC1)S(=O)(=O)N1CCCC(CNCC)C1. The Balaban J connectivity index is 2.00. The monoisotopic (exact) mass is 313 g/mol. The van der Waals surface area contributed by atoms with E-state index in [0.29, 0.717) is 31.5 Å². The molecule has 1 heterocycles. The molecule has 0 aromatic heterocycles. The van der Waals surface area contributed by atoms with Crippen LogP contribution >= 0.6 is 0 Å². The summed E-state index contributed by atoms with van der Waals surface area (Å²) in [4.78, 5) is 0. The highest BCUT2D eigenvalue weighted by atomic mass is 32.2. The third kappa shape index (κ3) is 4.68. The molecule has 1 unspecified atom stereocenters. The van der Waals surface area contributed by atoms with Crippen molar-refractivity contribution in [2.45, 2.75) is 32.6 Å². The van der Waals surface area contributed by atoms with Crippen LogP contribution in [0.4, 0.5) is 0 Å². The van der Waals surface area contributed by atoms with Gasteiger partial charge >= 0.3 is 0 Å². The summed E-state index contributed by atoms with van der Waals surface area (Å²) >= 11 is 0. The topological polar surface area (TPSA) is 52.7 Å². The molecule has 21 heavy (non-hydrogen) atoms. The molecule has 1 saturated heterocycles. The number of nitrogens with zero attached hydrogens (tertiary/aromatic N) is 2. The maximum atomic E-state index is 12.8. The van der Waals surface area contributed by atoms with Crippen molar-refractivity contribution in [3.05, 3.63) is 0 Å². The van der Waals surface area contributed by atoms with Crippen molar-refractivity contribution in [2.75, 3.05) is 39.3 Å². The summed E-state index contributed by atoms with van der Waals surface area (Å²) in [6, 6.07) is 0. The minimum atomic E-state index is -3.40. The van der Waals surface area contributed by atoms with Crippen LogP contribution in [0.3, 0.4) is 0 Å². The summed E-state index contributed by atoms with van der Waals surface area (Å²) in [6.45, 7) is 5.89. The van der Waals surface area contributed by atoms with Crippen LogP contribution < -0.4 is 5.32 Å². The van der Waals surface area contributed by atoms with Crippen molar-refractivity contribution >= 4 is 10.2 Å². The number of piperidine rings is 1. The quantitative estimate of drug-likeness (QED) is 0.677. The highest BCUT2D eigenvalue weighted by Gasteiger charge is 2.36. The van der Waals surface area contributed by atoms with Crippen molar-refractivity contribution in [1.29, 1.82) is 0 Å². The van der Waals surface area contributed by atoms with Crippen molar-refractivity contribution in [3.63, 3.8) is 0 Å². The zero-order chi connectivity index (χ0) is 15.3. The second-order valence-corrected chi connectivity index (χ2v) is 8.05. The second kappa shape index (κ2) is 7.59. The summed E-state index contributed by atoms with van der Waals surface area (Å²) in [5.41, 5.74) is 0. The highest BCUT2D eigenvalue weighted by Crippen LogP contribution is 2.31. The minimum absolute atomic E-state index is 0.188. The molecule has 0 amide bonds. The van der Waals surface area contributed by atoms with Gasteiger partial charge in [-0.05, 0) is 50.6 Å². The lowest BCUT2D eigenvalue weighted by Gasteiger charge is -2.35. The van der Waals surface area contributed by atoms with Gasteiger partial charge in [0.15, 0.2) is 0 Å².